The van der Waals surface area contributed by atoms with Crippen LogP contribution in [-0.4, -0.2) is 50.9 Å². The molecule has 0 aromatic heterocycles. The molecule has 0 bridgehead atoms. The molecule has 9 heteroatoms. The van der Waals surface area contributed by atoms with Crippen LogP contribution in [0.4, 0.5) is 0 Å². The van der Waals surface area contributed by atoms with Crippen LogP contribution in [0.5, 0.6) is 11.5 Å². The SMILES string of the molecule is CCOc1cc(C(CS(C)(=O)=O)N2C(=O)c3[c]cccc3C2C(N)=O)ccc1OC. The lowest BCUT2D eigenvalue weighted by Gasteiger charge is -2.32. The summed E-state index contributed by atoms with van der Waals surface area (Å²) in [6.45, 7) is 2.17. The van der Waals surface area contributed by atoms with E-state index in [1.165, 1.54) is 12.0 Å². The average molecular weight is 431 g/mol. The lowest BCUT2D eigenvalue weighted by molar-refractivity contribution is -0.123. The molecule has 0 saturated carbocycles. The zero-order valence-electron chi connectivity index (χ0n) is 16.9. The van der Waals surface area contributed by atoms with Gasteiger partial charge in [0.15, 0.2) is 11.5 Å². The van der Waals surface area contributed by atoms with Gasteiger partial charge in [0.2, 0.25) is 5.91 Å². The molecular weight excluding hydrogens is 408 g/mol. The third kappa shape index (κ3) is 4.11. The van der Waals surface area contributed by atoms with Gasteiger partial charge in [0, 0.05) is 6.26 Å². The van der Waals surface area contributed by atoms with Gasteiger partial charge in [-0.15, -0.1) is 0 Å². The monoisotopic (exact) mass is 431 g/mol. The molecular formula is C21H23N2O6S. The van der Waals surface area contributed by atoms with Crippen molar-refractivity contribution < 1.29 is 27.5 Å². The first kappa shape index (κ1) is 21.6. The third-order valence-corrected chi connectivity index (χ3v) is 5.77. The predicted octanol–water partition coefficient (Wildman–Crippen LogP) is 1.66. The summed E-state index contributed by atoms with van der Waals surface area (Å²) in [4.78, 5) is 26.7. The van der Waals surface area contributed by atoms with Gasteiger partial charge in [-0.2, -0.15) is 0 Å². The summed E-state index contributed by atoms with van der Waals surface area (Å²) in [6, 6.07) is 10.5. The summed E-state index contributed by atoms with van der Waals surface area (Å²) in [7, 11) is -2.05. The Labute approximate surface area is 175 Å². The minimum absolute atomic E-state index is 0.207. The molecule has 0 saturated heterocycles. The molecule has 8 nitrogen and oxygen atoms in total. The van der Waals surface area contributed by atoms with Crippen LogP contribution in [0.1, 0.15) is 40.5 Å². The molecule has 1 aliphatic heterocycles. The van der Waals surface area contributed by atoms with E-state index in [2.05, 4.69) is 6.07 Å². The normalized spacial score (nSPS) is 16.8. The van der Waals surface area contributed by atoms with Crippen LogP contribution in [0, 0.1) is 6.07 Å². The maximum absolute atomic E-state index is 13.2. The highest BCUT2D eigenvalue weighted by Gasteiger charge is 2.45. The largest absolute Gasteiger partial charge is 0.493 e. The number of benzene rings is 2. The van der Waals surface area contributed by atoms with Gasteiger partial charge >= 0.3 is 0 Å². The number of nitrogens with zero attached hydrogens (tertiary/aromatic N) is 1. The molecule has 2 N–H and O–H groups in total. The van der Waals surface area contributed by atoms with Crippen LogP contribution in [0.25, 0.3) is 0 Å². The van der Waals surface area contributed by atoms with Crippen molar-refractivity contribution in [2.75, 3.05) is 25.7 Å². The quantitative estimate of drug-likeness (QED) is 0.680. The summed E-state index contributed by atoms with van der Waals surface area (Å²) in [6.07, 6.45) is 1.08. The van der Waals surface area contributed by atoms with E-state index in [1.807, 2.05) is 0 Å². The number of amides is 2. The summed E-state index contributed by atoms with van der Waals surface area (Å²) in [5.74, 6) is -0.776. The van der Waals surface area contributed by atoms with Gasteiger partial charge in [-0.25, -0.2) is 8.42 Å². The minimum atomic E-state index is -3.54. The maximum atomic E-state index is 13.2. The molecule has 0 spiro atoms. The second kappa shape index (κ2) is 8.35. The van der Waals surface area contributed by atoms with Crippen LogP contribution in [-0.2, 0) is 14.6 Å². The molecule has 2 aromatic carbocycles. The van der Waals surface area contributed by atoms with Crippen LogP contribution >= 0.6 is 0 Å². The summed E-state index contributed by atoms with van der Waals surface area (Å²) < 4.78 is 35.4. The van der Waals surface area contributed by atoms with Crippen molar-refractivity contribution in [1.29, 1.82) is 0 Å². The zero-order valence-corrected chi connectivity index (χ0v) is 17.7. The standard InChI is InChI=1S/C21H23N2O6S/c1-4-29-18-11-13(9-10-17(18)28-2)16(12-30(3,26)27)23-19(20(22)24)14-7-5-6-8-15(14)21(23)25/h5-7,9-11,16,19H,4,12H2,1-3H3,(H2,22,24). The lowest BCUT2D eigenvalue weighted by atomic mass is 10.0. The second-order valence-electron chi connectivity index (χ2n) is 6.97. The molecule has 2 aromatic rings. The number of hydrogen-bond donors (Lipinski definition) is 1. The van der Waals surface area contributed by atoms with Crippen molar-refractivity contribution in [1.82, 2.24) is 4.90 Å². The molecule has 2 atom stereocenters. The minimum Gasteiger partial charge on any atom is -0.493 e. The number of ether oxygens (including phenoxy) is 2. The Hall–Kier alpha value is -3.07. The van der Waals surface area contributed by atoms with Crippen LogP contribution < -0.4 is 15.2 Å². The number of sulfone groups is 1. The topological polar surface area (TPSA) is 116 Å². The van der Waals surface area contributed by atoms with Crippen LogP contribution in [0.2, 0.25) is 0 Å². The Morgan fingerprint density at radius 3 is 2.63 bits per heavy atom. The smallest absolute Gasteiger partial charge is 0.256 e. The van der Waals surface area contributed by atoms with E-state index in [-0.39, 0.29) is 5.56 Å². The number of rotatable bonds is 8. The van der Waals surface area contributed by atoms with Gasteiger partial charge in [0.1, 0.15) is 15.9 Å². The number of carbonyl (C=O) groups is 2. The van der Waals surface area contributed by atoms with Crippen molar-refractivity contribution in [3.8, 4) is 11.5 Å². The molecule has 159 valence electrons. The zero-order chi connectivity index (χ0) is 22.1. The molecule has 1 radical (unpaired) electrons. The fourth-order valence-corrected chi connectivity index (χ4v) is 4.59. The van der Waals surface area contributed by atoms with Gasteiger partial charge in [0.05, 0.1) is 31.1 Å². The van der Waals surface area contributed by atoms with Gasteiger partial charge in [-0.3, -0.25) is 9.59 Å². The van der Waals surface area contributed by atoms with Gasteiger partial charge in [0.25, 0.3) is 5.91 Å². The second-order valence-corrected chi connectivity index (χ2v) is 9.15. The number of carbonyl (C=O) groups excluding carboxylic acids is 2. The number of methoxy groups -OCH3 is 1. The molecule has 1 aliphatic rings. The molecule has 2 amide bonds. The van der Waals surface area contributed by atoms with Crippen LogP contribution in [0.15, 0.2) is 36.4 Å². The first-order chi connectivity index (χ1) is 14.2. The van der Waals surface area contributed by atoms with Crippen LogP contribution in [0.3, 0.4) is 0 Å². The Bertz CT molecular complexity index is 1080. The molecule has 3 rings (SSSR count). The van der Waals surface area contributed by atoms with E-state index in [4.69, 9.17) is 15.2 Å². The highest BCUT2D eigenvalue weighted by atomic mass is 32.2. The van der Waals surface area contributed by atoms with Crippen molar-refractivity contribution in [2.45, 2.75) is 19.0 Å². The highest BCUT2D eigenvalue weighted by molar-refractivity contribution is 7.90. The molecule has 0 aliphatic carbocycles. The fraction of sp³-hybridized carbons (Fsp3) is 0.333. The van der Waals surface area contributed by atoms with E-state index in [0.29, 0.717) is 29.2 Å². The predicted molar refractivity (Wildman–Crippen MR) is 110 cm³/mol. The summed E-state index contributed by atoms with van der Waals surface area (Å²) >= 11 is 0. The maximum Gasteiger partial charge on any atom is 0.256 e. The van der Waals surface area contributed by atoms with E-state index < -0.39 is 39.5 Å². The Balaban J connectivity index is 2.17. The number of primary amides is 1. The fourth-order valence-electron chi connectivity index (χ4n) is 3.66. The molecule has 0 fully saturated rings. The molecule has 2 unspecified atom stereocenters. The van der Waals surface area contributed by atoms with Crippen molar-refractivity contribution in [2.24, 2.45) is 5.73 Å². The number of hydrogen-bond acceptors (Lipinski definition) is 6. The summed E-state index contributed by atoms with van der Waals surface area (Å²) in [5, 5.41) is 0. The van der Waals surface area contributed by atoms with Gasteiger partial charge in [-0.05, 0) is 36.2 Å². The first-order valence-corrected chi connectivity index (χ1v) is 11.3. The Kier molecular flexibility index (Phi) is 6.02. The van der Waals surface area contributed by atoms with E-state index in [0.717, 1.165) is 6.26 Å². The van der Waals surface area contributed by atoms with Crippen molar-refractivity contribution in [3.05, 3.63) is 59.2 Å². The van der Waals surface area contributed by atoms with E-state index in [9.17, 15) is 18.0 Å². The van der Waals surface area contributed by atoms with E-state index >= 15 is 0 Å². The Morgan fingerprint density at radius 1 is 1.30 bits per heavy atom. The number of fused-ring (bicyclic) bond motifs is 1. The number of nitrogens with two attached hydrogens (primary N) is 1. The third-order valence-electron chi connectivity index (χ3n) is 4.85. The van der Waals surface area contributed by atoms with Crippen molar-refractivity contribution in [3.63, 3.8) is 0 Å². The molecule has 1 heterocycles. The summed E-state index contributed by atoms with van der Waals surface area (Å²) in [5.41, 5.74) is 6.73. The molecule has 30 heavy (non-hydrogen) atoms. The van der Waals surface area contributed by atoms with Crippen molar-refractivity contribution >= 4 is 21.7 Å². The van der Waals surface area contributed by atoms with Gasteiger partial charge < -0.3 is 20.1 Å². The lowest BCUT2D eigenvalue weighted by Crippen LogP contribution is -2.41. The highest BCUT2D eigenvalue weighted by Crippen LogP contribution is 2.41. The Morgan fingerprint density at radius 2 is 2.03 bits per heavy atom. The van der Waals surface area contributed by atoms with E-state index in [1.54, 1.807) is 43.3 Å². The average Bonchev–Trinajstić information content (AvgIpc) is 2.98. The first-order valence-electron chi connectivity index (χ1n) is 9.29. The van der Waals surface area contributed by atoms with Gasteiger partial charge in [-0.1, -0.05) is 24.3 Å².